The van der Waals surface area contributed by atoms with Gasteiger partial charge in [0.15, 0.2) is 16.7 Å². The molecule has 0 bridgehead atoms. The van der Waals surface area contributed by atoms with E-state index in [2.05, 4.69) is 32.8 Å². The molecule has 0 radical (unpaired) electrons. The minimum absolute atomic E-state index is 0.0865. The molecule has 3 aromatic rings. The Labute approximate surface area is 281 Å². The lowest BCUT2D eigenvalue weighted by molar-refractivity contribution is -0.126. The van der Waals surface area contributed by atoms with Crippen molar-refractivity contribution in [3.63, 3.8) is 0 Å². The Kier molecular flexibility index (Phi) is 12.3. The highest BCUT2D eigenvalue weighted by molar-refractivity contribution is 9.10. The summed E-state index contributed by atoms with van der Waals surface area (Å²) in [5.74, 6) is -0.725. The Morgan fingerprint density at radius 3 is 2.28 bits per heavy atom. The molecule has 8 nitrogen and oxygen atoms in total. The van der Waals surface area contributed by atoms with Gasteiger partial charge in [-0.3, -0.25) is 19.3 Å². The number of rotatable bonds is 12. The molecule has 1 aliphatic heterocycles. The van der Waals surface area contributed by atoms with Gasteiger partial charge < -0.3 is 14.8 Å². The predicted molar refractivity (Wildman–Crippen MR) is 188 cm³/mol. The van der Waals surface area contributed by atoms with Gasteiger partial charge in [0.25, 0.3) is 11.8 Å². The topological polar surface area (TPSA) is 97.3 Å². The molecule has 0 spiro atoms. The van der Waals surface area contributed by atoms with E-state index in [1.807, 2.05) is 67.6 Å². The van der Waals surface area contributed by atoms with E-state index in [1.54, 1.807) is 43.4 Å². The Morgan fingerprint density at radius 1 is 1.07 bits per heavy atom. The van der Waals surface area contributed by atoms with Crippen molar-refractivity contribution in [3.8, 4) is 11.5 Å². The molecule has 236 valence electrons. The Morgan fingerprint density at radius 2 is 1.72 bits per heavy atom. The van der Waals surface area contributed by atoms with Crippen LogP contribution in [0.25, 0.3) is 6.08 Å². The number of aliphatic imine (C=N–C) groups is 1. The number of methoxy groups -OCH3 is 1. The normalized spacial score (nSPS) is 14.5. The third-order valence-electron chi connectivity index (χ3n) is 6.80. The summed E-state index contributed by atoms with van der Waals surface area (Å²) in [5.41, 5.74) is 2.68. The van der Waals surface area contributed by atoms with Gasteiger partial charge in [-0.1, -0.05) is 113 Å². The lowest BCUT2D eigenvalue weighted by atomic mass is 9.99. The van der Waals surface area contributed by atoms with Gasteiger partial charge in [0.1, 0.15) is 5.57 Å². The SMILES string of the molecule is C=C/C=C\C(=C/C)N1C(=O)/C(=C/c2cc(OC)c(OCC)cc2Br)C(=O)N=C1SCC(=O)NC(c1ccccc1)c1ccccc1. The van der Waals surface area contributed by atoms with Gasteiger partial charge in [0.2, 0.25) is 5.91 Å². The number of thioether (sulfide) groups is 1. The fourth-order valence-electron chi connectivity index (χ4n) is 4.64. The number of nitrogens with one attached hydrogen (secondary N) is 1. The van der Waals surface area contributed by atoms with Crippen molar-refractivity contribution < 1.29 is 23.9 Å². The van der Waals surface area contributed by atoms with E-state index in [0.29, 0.717) is 33.8 Å². The summed E-state index contributed by atoms with van der Waals surface area (Å²) in [6.07, 6.45) is 8.12. The fraction of sp³-hybridized carbons (Fsp3) is 0.167. The van der Waals surface area contributed by atoms with Gasteiger partial charge in [-0.2, -0.15) is 4.99 Å². The number of amides is 3. The second kappa shape index (κ2) is 16.6. The lowest BCUT2D eigenvalue weighted by Crippen LogP contribution is -2.42. The van der Waals surface area contributed by atoms with E-state index < -0.39 is 11.8 Å². The summed E-state index contributed by atoms with van der Waals surface area (Å²) >= 11 is 4.51. The standard InChI is InChI=1S/C36H34BrN3O5S/c1-5-8-19-27(6-2)40-35(43)28(20-26-21-30(44-4)31(45-7-3)22-29(26)37)34(42)39-36(40)46-23-32(41)38-33(24-15-11-9-12-16-24)25-17-13-10-14-18-25/h5-6,8-22,33H,1,7,23H2,2-4H3,(H,38,41)/b19-8-,27-6+,28-20+. The molecule has 46 heavy (non-hydrogen) atoms. The molecular formula is C36H34BrN3O5S. The number of allylic oxidation sites excluding steroid dienone is 4. The molecular weight excluding hydrogens is 666 g/mol. The summed E-state index contributed by atoms with van der Waals surface area (Å²) in [4.78, 5) is 46.3. The largest absolute Gasteiger partial charge is 0.493 e. The number of hydrogen-bond acceptors (Lipinski definition) is 6. The zero-order valence-electron chi connectivity index (χ0n) is 25.7. The highest BCUT2D eigenvalue weighted by Gasteiger charge is 2.35. The third-order valence-corrected chi connectivity index (χ3v) is 8.42. The molecule has 1 aliphatic rings. The average Bonchev–Trinajstić information content (AvgIpc) is 3.07. The minimum Gasteiger partial charge on any atom is -0.493 e. The molecule has 0 saturated carbocycles. The second-order valence-electron chi connectivity index (χ2n) is 9.77. The minimum atomic E-state index is -0.724. The molecule has 1 heterocycles. The first-order valence-electron chi connectivity index (χ1n) is 14.5. The first-order valence-corrected chi connectivity index (χ1v) is 16.3. The van der Waals surface area contributed by atoms with Crippen LogP contribution in [-0.2, 0) is 14.4 Å². The monoisotopic (exact) mass is 699 g/mol. The van der Waals surface area contributed by atoms with Gasteiger partial charge in [-0.05, 0) is 54.8 Å². The van der Waals surface area contributed by atoms with Crippen molar-refractivity contribution in [2.45, 2.75) is 19.9 Å². The molecule has 10 heteroatoms. The van der Waals surface area contributed by atoms with Crippen molar-refractivity contribution in [2.24, 2.45) is 4.99 Å². The maximum atomic E-state index is 14.0. The molecule has 0 fully saturated rings. The van der Waals surface area contributed by atoms with Crippen molar-refractivity contribution in [1.82, 2.24) is 10.2 Å². The van der Waals surface area contributed by atoms with Crippen molar-refractivity contribution in [2.75, 3.05) is 19.5 Å². The van der Waals surface area contributed by atoms with Gasteiger partial charge in [0, 0.05) is 10.2 Å². The highest BCUT2D eigenvalue weighted by atomic mass is 79.9. The fourth-order valence-corrected chi connectivity index (χ4v) is 5.88. The predicted octanol–water partition coefficient (Wildman–Crippen LogP) is 7.25. The van der Waals surface area contributed by atoms with Crippen LogP contribution in [0.15, 0.2) is 124 Å². The number of amidine groups is 1. The molecule has 0 saturated heterocycles. The maximum absolute atomic E-state index is 14.0. The van der Waals surface area contributed by atoms with Crippen LogP contribution in [0, 0.1) is 0 Å². The van der Waals surface area contributed by atoms with Crippen LogP contribution >= 0.6 is 27.7 Å². The maximum Gasteiger partial charge on any atom is 0.285 e. The zero-order valence-corrected chi connectivity index (χ0v) is 28.1. The van der Waals surface area contributed by atoms with E-state index in [4.69, 9.17) is 9.47 Å². The van der Waals surface area contributed by atoms with E-state index in [0.717, 1.165) is 22.9 Å². The van der Waals surface area contributed by atoms with Crippen molar-refractivity contribution >= 4 is 56.7 Å². The van der Waals surface area contributed by atoms with Gasteiger partial charge in [-0.25, -0.2) is 0 Å². The van der Waals surface area contributed by atoms with Crippen LogP contribution in [0.3, 0.4) is 0 Å². The quantitative estimate of drug-likeness (QED) is 0.122. The first kappa shape index (κ1) is 34.2. The van der Waals surface area contributed by atoms with Crippen molar-refractivity contribution in [3.05, 3.63) is 136 Å². The first-order chi connectivity index (χ1) is 22.3. The number of halogens is 1. The van der Waals surface area contributed by atoms with E-state index in [9.17, 15) is 14.4 Å². The van der Waals surface area contributed by atoms with E-state index >= 15 is 0 Å². The molecule has 4 rings (SSSR count). The number of nitrogens with zero attached hydrogens (tertiary/aromatic N) is 2. The van der Waals surface area contributed by atoms with Gasteiger partial charge >= 0.3 is 0 Å². The summed E-state index contributed by atoms with van der Waals surface area (Å²) in [7, 11) is 1.51. The Hall–Kier alpha value is -4.67. The van der Waals surface area contributed by atoms with Gasteiger partial charge in [-0.15, -0.1) is 0 Å². The zero-order chi connectivity index (χ0) is 33.1. The summed E-state index contributed by atoms with van der Waals surface area (Å²) in [6, 6.07) is 22.3. The highest BCUT2D eigenvalue weighted by Crippen LogP contribution is 2.36. The number of ether oxygens (including phenoxy) is 2. The number of benzene rings is 3. The van der Waals surface area contributed by atoms with E-state index in [-0.39, 0.29) is 28.4 Å². The lowest BCUT2D eigenvalue weighted by Gasteiger charge is -2.28. The smallest absolute Gasteiger partial charge is 0.285 e. The van der Waals surface area contributed by atoms with Crippen LogP contribution < -0.4 is 14.8 Å². The van der Waals surface area contributed by atoms with Crippen LogP contribution in [0.1, 0.15) is 36.6 Å². The van der Waals surface area contributed by atoms with Crippen LogP contribution in [0.5, 0.6) is 11.5 Å². The second-order valence-corrected chi connectivity index (χ2v) is 11.6. The summed E-state index contributed by atoms with van der Waals surface area (Å²) in [5, 5.41) is 3.18. The van der Waals surface area contributed by atoms with Crippen LogP contribution in [0.4, 0.5) is 0 Å². The number of carbonyl (C=O) groups is 3. The van der Waals surface area contributed by atoms with Gasteiger partial charge in [0.05, 0.1) is 25.5 Å². The van der Waals surface area contributed by atoms with Crippen molar-refractivity contribution in [1.29, 1.82) is 0 Å². The Bertz CT molecular complexity index is 1680. The number of hydrogen-bond donors (Lipinski definition) is 1. The molecule has 3 aromatic carbocycles. The third kappa shape index (κ3) is 8.32. The average molecular weight is 701 g/mol. The summed E-state index contributed by atoms with van der Waals surface area (Å²) < 4.78 is 11.7. The summed E-state index contributed by atoms with van der Waals surface area (Å²) in [6.45, 7) is 7.78. The molecule has 0 atom stereocenters. The van der Waals surface area contributed by atoms with E-state index in [1.165, 1.54) is 18.1 Å². The molecule has 0 aromatic heterocycles. The Balaban J connectivity index is 1.65. The van der Waals surface area contributed by atoms with Crippen LogP contribution in [0.2, 0.25) is 0 Å². The molecule has 3 amide bonds. The molecule has 0 unspecified atom stereocenters. The number of carbonyl (C=O) groups excluding carboxylic acids is 3. The molecule has 1 N–H and O–H groups in total. The van der Waals surface area contributed by atoms with Crippen LogP contribution in [-0.4, -0.2) is 47.3 Å². The molecule has 0 aliphatic carbocycles.